The van der Waals surface area contributed by atoms with E-state index in [4.69, 9.17) is 13.8 Å². The Hall–Kier alpha value is -3.97. The number of nitrogens with one attached hydrogen (secondary N) is 2. The van der Waals surface area contributed by atoms with Gasteiger partial charge in [-0.15, -0.1) is 0 Å². The highest BCUT2D eigenvalue weighted by atomic mass is 31.2. The number of carbonyl (C=O) groups excluding carboxylic acids is 1. The van der Waals surface area contributed by atoms with Crippen molar-refractivity contribution in [2.45, 2.75) is 38.6 Å². The molecule has 0 bridgehead atoms. The summed E-state index contributed by atoms with van der Waals surface area (Å²) in [5, 5.41) is 14.4. The minimum Gasteiger partial charge on any atom is -0.465 e. The summed E-state index contributed by atoms with van der Waals surface area (Å²) in [5.74, 6) is -0.697. The van der Waals surface area contributed by atoms with Crippen LogP contribution in [-0.4, -0.2) is 28.7 Å². The zero-order valence-electron chi connectivity index (χ0n) is 20.2. The molecule has 0 fully saturated rings. The van der Waals surface area contributed by atoms with E-state index in [0.29, 0.717) is 11.3 Å². The van der Waals surface area contributed by atoms with Gasteiger partial charge in [-0.2, -0.15) is 0 Å². The largest absolute Gasteiger partial charge is 0.465 e. The van der Waals surface area contributed by atoms with Crippen LogP contribution in [0.5, 0.6) is 11.5 Å². The fourth-order valence-electron chi connectivity index (χ4n) is 3.16. The molecular weight excluding hydrogens is 483 g/mol. The molecule has 10 heteroatoms. The Kier molecular flexibility index (Phi) is 8.61. The molecule has 0 saturated carbocycles. The van der Waals surface area contributed by atoms with Crippen molar-refractivity contribution in [1.82, 2.24) is 5.32 Å². The molecule has 3 N–H and O–H groups in total. The molecule has 9 nitrogen and oxygen atoms in total. The zero-order valence-corrected chi connectivity index (χ0v) is 21.1. The maximum atomic E-state index is 14.1. The number of rotatable bonds is 9. The maximum absolute atomic E-state index is 14.1. The van der Waals surface area contributed by atoms with Crippen LogP contribution in [0.3, 0.4) is 0 Å². The Bertz CT molecular complexity index is 1150. The molecule has 0 aliphatic rings. The van der Waals surface area contributed by atoms with E-state index in [0.717, 1.165) is 0 Å². The molecule has 3 rings (SSSR count). The molecule has 36 heavy (non-hydrogen) atoms. The predicted molar refractivity (Wildman–Crippen MR) is 137 cm³/mol. The zero-order chi connectivity index (χ0) is 26.2. The normalized spacial score (nSPS) is 12.2. The quantitative estimate of drug-likeness (QED) is 0.279. The first kappa shape index (κ1) is 26.6. The van der Waals surface area contributed by atoms with Crippen molar-refractivity contribution >= 4 is 25.5 Å². The van der Waals surface area contributed by atoms with Crippen molar-refractivity contribution in [3.8, 4) is 11.5 Å². The Balaban J connectivity index is 1.85. The number of amides is 2. The van der Waals surface area contributed by atoms with Crippen molar-refractivity contribution in [3.05, 3.63) is 90.5 Å². The van der Waals surface area contributed by atoms with Gasteiger partial charge in [0.05, 0.1) is 0 Å². The van der Waals surface area contributed by atoms with Gasteiger partial charge in [-0.1, -0.05) is 48.5 Å². The molecule has 0 aliphatic heterocycles. The standard InChI is InChI=1S/C26H29N2O7P/c1-26(2,3)33-25(31)27-20-16-14-19(15-17-20)18-23(28-24(29)30)36(32,34-21-10-6-4-7-11-21)35-22-12-8-5-9-13-22/h4-17,23,28H,18H2,1-3H3,(H,27,31)(H,29,30). The minimum atomic E-state index is -4.13. The topological polar surface area (TPSA) is 123 Å². The van der Waals surface area contributed by atoms with E-state index in [-0.39, 0.29) is 17.9 Å². The second-order valence-corrected chi connectivity index (χ2v) is 10.9. The van der Waals surface area contributed by atoms with Crippen molar-refractivity contribution in [2.24, 2.45) is 0 Å². The Morgan fingerprint density at radius 3 is 1.81 bits per heavy atom. The molecule has 1 atom stereocenters. The van der Waals surface area contributed by atoms with Gasteiger partial charge in [-0.05, 0) is 62.7 Å². The molecule has 0 aliphatic carbocycles. The lowest BCUT2D eigenvalue weighted by atomic mass is 10.1. The molecule has 2 amide bonds. The lowest BCUT2D eigenvalue weighted by molar-refractivity contribution is 0.0636. The van der Waals surface area contributed by atoms with E-state index in [1.54, 1.807) is 106 Å². The number of hydrogen-bond acceptors (Lipinski definition) is 6. The number of hydrogen-bond donors (Lipinski definition) is 3. The second-order valence-electron chi connectivity index (χ2n) is 8.84. The maximum Gasteiger partial charge on any atom is 0.453 e. The lowest BCUT2D eigenvalue weighted by Gasteiger charge is -2.27. The molecule has 190 valence electrons. The highest BCUT2D eigenvalue weighted by molar-refractivity contribution is 7.55. The number of carboxylic acid groups (broad SMARTS) is 1. The summed E-state index contributed by atoms with van der Waals surface area (Å²) in [7, 11) is -4.13. The van der Waals surface area contributed by atoms with Gasteiger partial charge in [-0.3, -0.25) is 5.32 Å². The van der Waals surface area contributed by atoms with Crippen molar-refractivity contribution in [1.29, 1.82) is 0 Å². The van der Waals surface area contributed by atoms with Crippen molar-refractivity contribution in [3.63, 3.8) is 0 Å². The lowest BCUT2D eigenvalue weighted by Crippen LogP contribution is -2.37. The van der Waals surface area contributed by atoms with Gasteiger partial charge in [0.1, 0.15) is 17.1 Å². The number of ether oxygens (including phenoxy) is 1. The van der Waals surface area contributed by atoms with Gasteiger partial charge in [0.25, 0.3) is 0 Å². The molecule has 0 heterocycles. The highest BCUT2D eigenvalue weighted by Crippen LogP contribution is 2.52. The Morgan fingerprint density at radius 2 is 1.36 bits per heavy atom. The smallest absolute Gasteiger partial charge is 0.453 e. The third-order valence-electron chi connectivity index (χ3n) is 4.65. The van der Waals surface area contributed by atoms with Gasteiger partial charge >= 0.3 is 19.8 Å². The van der Waals surface area contributed by atoms with Gasteiger partial charge in [0.2, 0.25) is 0 Å². The summed E-state index contributed by atoms with van der Waals surface area (Å²) in [6.07, 6.45) is -1.98. The van der Waals surface area contributed by atoms with Crippen LogP contribution < -0.4 is 19.7 Å². The first-order valence-electron chi connectivity index (χ1n) is 11.2. The monoisotopic (exact) mass is 512 g/mol. The van der Waals surface area contributed by atoms with E-state index >= 15 is 0 Å². The summed E-state index contributed by atoms with van der Waals surface area (Å²) in [4.78, 5) is 23.6. The number of carbonyl (C=O) groups is 2. The summed E-state index contributed by atoms with van der Waals surface area (Å²) in [6.45, 7) is 5.29. The van der Waals surface area contributed by atoms with E-state index in [9.17, 15) is 19.3 Å². The van der Waals surface area contributed by atoms with Crippen LogP contribution in [0.4, 0.5) is 15.3 Å². The molecule has 3 aromatic carbocycles. The molecule has 0 radical (unpaired) electrons. The Morgan fingerprint density at radius 1 is 0.861 bits per heavy atom. The van der Waals surface area contributed by atoms with E-state index in [1.165, 1.54) is 0 Å². The van der Waals surface area contributed by atoms with Gasteiger partial charge in [0.15, 0.2) is 5.78 Å². The predicted octanol–water partition coefficient (Wildman–Crippen LogP) is 6.52. The van der Waals surface area contributed by atoms with Crippen LogP contribution in [-0.2, 0) is 15.7 Å². The molecule has 0 aromatic heterocycles. The van der Waals surface area contributed by atoms with E-state index in [2.05, 4.69) is 10.6 Å². The van der Waals surface area contributed by atoms with Crippen LogP contribution in [0.2, 0.25) is 0 Å². The van der Waals surface area contributed by atoms with Crippen molar-refractivity contribution < 1.29 is 33.0 Å². The number of anilines is 1. The van der Waals surface area contributed by atoms with Crippen LogP contribution in [0, 0.1) is 0 Å². The summed E-state index contributed by atoms with van der Waals surface area (Å²) < 4.78 is 30.9. The first-order chi connectivity index (χ1) is 17.0. The summed E-state index contributed by atoms with van der Waals surface area (Å²) in [5.41, 5.74) is 0.482. The number of benzene rings is 3. The average molecular weight is 512 g/mol. The highest BCUT2D eigenvalue weighted by Gasteiger charge is 2.41. The average Bonchev–Trinajstić information content (AvgIpc) is 2.79. The second kappa shape index (κ2) is 11.6. The molecule has 3 aromatic rings. The summed E-state index contributed by atoms with van der Waals surface area (Å²) in [6, 6.07) is 23.4. The van der Waals surface area contributed by atoms with E-state index in [1.807, 2.05) is 0 Å². The van der Waals surface area contributed by atoms with Crippen LogP contribution in [0.15, 0.2) is 84.9 Å². The third kappa shape index (κ3) is 8.36. The fourth-order valence-corrected chi connectivity index (χ4v) is 4.98. The van der Waals surface area contributed by atoms with Crippen LogP contribution in [0.1, 0.15) is 26.3 Å². The van der Waals surface area contributed by atoms with Crippen molar-refractivity contribution in [2.75, 3.05) is 5.32 Å². The molecule has 0 saturated heterocycles. The molecule has 1 unspecified atom stereocenters. The first-order valence-corrected chi connectivity index (χ1v) is 12.8. The van der Waals surface area contributed by atoms with Crippen LogP contribution >= 0.6 is 7.60 Å². The fraction of sp³-hybridized carbons (Fsp3) is 0.231. The molecule has 0 spiro atoms. The third-order valence-corrected chi connectivity index (χ3v) is 6.66. The van der Waals surface area contributed by atoms with Crippen LogP contribution in [0.25, 0.3) is 0 Å². The van der Waals surface area contributed by atoms with E-state index < -0.39 is 31.2 Å². The van der Waals surface area contributed by atoms with Gasteiger partial charge < -0.3 is 24.2 Å². The molecular formula is C26H29N2O7P. The SMILES string of the molecule is CC(C)(C)OC(=O)Nc1ccc(CC(NC(=O)O)P(=O)(Oc2ccccc2)Oc2ccccc2)cc1. The Labute approximate surface area is 209 Å². The van der Waals surface area contributed by atoms with Gasteiger partial charge in [-0.25, -0.2) is 14.2 Å². The van der Waals surface area contributed by atoms with Gasteiger partial charge in [0, 0.05) is 12.1 Å². The summed E-state index contributed by atoms with van der Waals surface area (Å²) >= 11 is 0. The number of para-hydroxylation sites is 2. The minimum absolute atomic E-state index is 0.00401.